The van der Waals surface area contributed by atoms with E-state index in [1.165, 1.54) is 58.0 Å². The number of nitrogens with one attached hydrogen (secondary N) is 1. The number of hydrogen-bond acceptors (Lipinski definition) is 3. The van der Waals surface area contributed by atoms with Crippen molar-refractivity contribution in [2.24, 2.45) is 5.41 Å². The molecule has 0 amide bonds. The monoisotopic (exact) mass is 296 g/mol. The maximum Gasteiger partial charge on any atom is 0.0730 e. The Bertz CT molecular complexity index is 289. The number of morpholine rings is 1. The second kappa shape index (κ2) is 8.50. The molecule has 3 heteroatoms. The van der Waals surface area contributed by atoms with Gasteiger partial charge in [-0.2, -0.15) is 0 Å². The molecular weight excluding hydrogens is 260 g/mol. The van der Waals surface area contributed by atoms with E-state index in [1.54, 1.807) is 0 Å². The minimum atomic E-state index is 0.439. The van der Waals surface area contributed by atoms with Crippen LogP contribution in [-0.2, 0) is 4.74 Å². The molecule has 21 heavy (non-hydrogen) atoms. The molecule has 1 heterocycles. The predicted molar refractivity (Wildman–Crippen MR) is 89.7 cm³/mol. The van der Waals surface area contributed by atoms with Gasteiger partial charge in [0.15, 0.2) is 0 Å². The highest BCUT2D eigenvalue weighted by molar-refractivity contribution is 4.92. The van der Waals surface area contributed by atoms with Crippen LogP contribution >= 0.6 is 0 Å². The highest BCUT2D eigenvalue weighted by Crippen LogP contribution is 2.33. The maximum absolute atomic E-state index is 6.04. The number of fused-ring (bicyclic) bond motifs is 1. The second-order valence-electron chi connectivity index (χ2n) is 7.12. The molecule has 124 valence electrons. The minimum Gasteiger partial charge on any atom is -0.375 e. The van der Waals surface area contributed by atoms with Gasteiger partial charge in [0.2, 0.25) is 0 Å². The lowest BCUT2D eigenvalue weighted by molar-refractivity contribution is -0.0995. The molecule has 0 aromatic carbocycles. The normalized spacial score (nSPS) is 27.6. The molecule has 1 saturated heterocycles. The summed E-state index contributed by atoms with van der Waals surface area (Å²) in [5.41, 5.74) is 0.439. The van der Waals surface area contributed by atoms with Crippen molar-refractivity contribution in [3.05, 3.63) is 0 Å². The van der Waals surface area contributed by atoms with E-state index in [1.807, 2.05) is 0 Å². The van der Waals surface area contributed by atoms with E-state index in [2.05, 4.69) is 31.0 Å². The first-order valence-electron chi connectivity index (χ1n) is 9.31. The number of nitrogens with zero attached hydrogens (tertiary/aromatic N) is 1. The van der Waals surface area contributed by atoms with E-state index < -0.39 is 0 Å². The molecule has 2 aliphatic rings. The van der Waals surface area contributed by atoms with E-state index >= 15 is 0 Å². The molecule has 2 rings (SSSR count). The molecule has 1 aliphatic heterocycles. The number of rotatable bonds is 8. The summed E-state index contributed by atoms with van der Waals surface area (Å²) in [6.45, 7) is 12.6. The average molecular weight is 296 g/mol. The van der Waals surface area contributed by atoms with Crippen molar-refractivity contribution in [2.45, 2.75) is 77.9 Å². The molecule has 1 saturated carbocycles. The lowest BCUT2D eigenvalue weighted by Crippen LogP contribution is -2.56. The fourth-order valence-electron chi connectivity index (χ4n) is 4.11. The fraction of sp³-hybridized carbons (Fsp3) is 1.00. The highest BCUT2D eigenvalue weighted by atomic mass is 16.5. The first-order valence-corrected chi connectivity index (χ1v) is 9.31. The van der Waals surface area contributed by atoms with Crippen molar-refractivity contribution in [1.29, 1.82) is 0 Å². The van der Waals surface area contributed by atoms with Crippen LogP contribution in [0.25, 0.3) is 0 Å². The Labute approximate surface area is 131 Å². The van der Waals surface area contributed by atoms with Crippen molar-refractivity contribution in [3.63, 3.8) is 0 Å². The molecule has 2 atom stereocenters. The summed E-state index contributed by atoms with van der Waals surface area (Å²) >= 11 is 0. The molecule has 1 N–H and O–H groups in total. The van der Waals surface area contributed by atoms with Crippen molar-refractivity contribution in [3.8, 4) is 0 Å². The van der Waals surface area contributed by atoms with E-state index in [0.29, 0.717) is 17.6 Å². The zero-order chi connectivity index (χ0) is 15.1. The van der Waals surface area contributed by atoms with Gasteiger partial charge in [-0.15, -0.1) is 0 Å². The third-order valence-electron chi connectivity index (χ3n) is 5.81. The Kier molecular flexibility index (Phi) is 6.97. The fourth-order valence-corrected chi connectivity index (χ4v) is 4.11. The first-order chi connectivity index (χ1) is 10.2. The van der Waals surface area contributed by atoms with Gasteiger partial charge in [-0.25, -0.2) is 0 Å². The Balaban J connectivity index is 1.97. The van der Waals surface area contributed by atoms with Gasteiger partial charge in [0.25, 0.3) is 0 Å². The summed E-state index contributed by atoms with van der Waals surface area (Å²) < 4.78 is 6.04. The van der Waals surface area contributed by atoms with Gasteiger partial charge in [0, 0.05) is 25.7 Å². The summed E-state index contributed by atoms with van der Waals surface area (Å²) in [6, 6.07) is 0.691. The van der Waals surface area contributed by atoms with Crippen LogP contribution in [-0.4, -0.2) is 49.8 Å². The Morgan fingerprint density at radius 2 is 1.90 bits per heavy atom. The quantitative estimate of drug-likeness (QED) is 0.695. The molecule has 2 unspecified atom stereocenters. The van der Waals surface area contributed by atoms with E-state index in [0.717, 1.165) is 19.7 Å². The van der Waals surface area contributed by atoms with Crippen molar-refractivity contribution >= 4 is 0 Å². The average Bonchev–Trinajstić information content (AvgIpc) is 2.54. The van der Waals surface area contributed by atoms with Crippen LogP contribution in [0.2, 0.25) is 0 Å². The van der Waals surface area contributed by atoms with Crippen molar-refractivity contribution in [1.82, 2.24) is 10.2 Å². The van der Waals surface area contributed by atoms with E-state index in [-0.39, 0.29) is 0 Å². The smallest absolute Gasteiger partial charge is 0.0730 e. The minimum absolute atomic E-state index is 0.439. The zero-order valence-corrected chi connectivity index (χ0v) is 14.5. The number of ether oxygens (including phenoxy) is 1. The molecule has 3 nitrogen and oxygen atoms in total. The van der Waals surface area contributed by atoms with Crippen LogP contribution in [0.15, 0.2) is 0 Å². The summed E-state index contributed by atoms with van der Waals surface area (Å²) in [6.07, 6.45) is 9.66. The summed E-state index contributed by atoms with van der Waals surface area (Å²) in [4.78, 5) is 2.77. The highest BCUT2D eigenvalue weighted by Gasteiger charge is 2.38. The molecule has 0 bridgehead atoms. The topological polar surface area (TPSA) is 24.5 Å². The van der Waals surface area contributed by atoms with Gasteiger partial charge < -0.3 is 10.1 Å². The van der Waals surface area contributed by atoms with Gasteiger partial charge in [-0.3, -0.25) is 4.90 Å². The second-order valence-corrected chi connectivity index (χ2v) is 7.12. The van der Waals surface area contributed by atoms with Gasteiger partial charge in [-0.05, 0) is 44.1 Å². The van der Waals surface area contributed by atoms with E-state index in [4.69, 9.17) is 4.74 Å². The Hall–Kier alpha value is -0.120. The van der Waals surface area contributed by atoms with Crippen LogP contribution in [0.5, 0.6) is 0 Å². The van der Waals surface area contributed by atoms with Crippen LogP contribution in [0, 0.1) is 5.41 Å². The SMILES string of the molecule is CCCNCC(CC)(CC)CN1CCOC2CCCCC21. The molecule has 0 aromatic rings. The van der Waals surface area contributed by atoms with Crippen molar-refractivity contribution < 1.29 is 4.74 Å². The molecule has 2 fully saturated rings. The zero-order valence-electron chi connectivity index (χ0n) is 14.5. The van der Waals surface area contributed by atoms with Crippen LogP contribution in [0.4, 0.5) is 0 Å². The number of hydrogen-bond donors (Lipinski definition) is 1. The predicted octanol–water partition coefficient (Wildman–Crippen LogP) is 3.44. The third kappa shape index (κ3) is 4.43. The van der Waals surface area contributed by atoms with Gasteiger partial charge in [-0.1, -0.05) is 33.6 Å². The lowest BCUT2D eigenvalue weighted by Gasteiger charge is -2.48. The van der Waals surface area contributed by atoms with Gasteiger partial charge in [0.05, 0.1) is 12.7 Å². The molecule has 0 spiro atoms. The molecular formula is C18H36N2O. The standard InChI is InChI=1S/C18H36N2O/c1-4-11-19-14-18(5-2,6-3)15-20-12-13-21-17-10-8-7-9-16(17)20/h16-17,19H,4-15H2,1-3H3. The van der Waals surface area contributed by atoms with E-state index in [9.17, 15) is 0 Å². The maximum atomic E-state index is 6.04. The Morgan fingerprint density at radius 3 is 2.62 bits per heavy atom. The lowest BCUT2D eigenvalue weighted by atomic mass is 9.80. The summed E-state index contributed by atoms with van der Waals surface area (Å²) in [5, 5.41) is 3.68. The summed E-state index contributed by atoms with van der Waals surface area (Å²) in [7, 11) is 0. The molecule has 1 aliphatic carbocycles. The molecule has 0 radical (unpaired) electrons. The van der Waals surface area contributed by atoms with Crippen LogP contribution in [0.3, 0.4) is 0 Å². The van der Waals surface area contributed by atoms with Crippen LogP contribution < -0.4 is 5.32 Å². The van der Waals surface area contributed by atoms with Gasteiger partial charge >= 0.3 is 0 Å². The summed E-state index contributed by atoms with van der Waals surface area (Å²) in [5.74, 6) is 0. The van der Waals surface area contributed by atoms with Gasteiger partial charge in [0.1, 0.15) is 0 Å². The molecule has 0 aromatic heterocycles. The van der Waals surface area contributed by atoms with Crippen molar-refractivity contribution in [2.75, 3.05) is 32.8 Å². The Morgan fingerprint density at radius 1 is 1.14 bits per heavy atom. The van der Waals surface area contributed by atoms with Crippen LogP contribution in [0.1, 0.15) is 65.7 Å². The first kappa shape index (κ1) is 17.2. The third-order valence-corrected chi connectivity index (χ3v) is 5.81. The largest absolute Gasteiger partial charge is 0.375 e.